The van der Waals surface area contributed by atoms with Crippen molar-refractivity contribution < 1.29 is 9.53 Å². The zero-order chi connectivity index (χ0) is 18.5. The number of methoxy groups -OCH3 is 1. The zero-order valence-corrected chi connectivity index (χ0v) is 15.1. The smallest absolute Gasteiger partial charge is 0.238 e. The molecule has 0 saturated carbocycles. The van der Waals surface area contributed by atoms with Crippen molar-refractivity contribution in [1.29, 1.82) is 5.26 Å². The van der Waals surface area contributed by atoms with Crippen molar-refractivity contribution >= 4 is 5.91 Å². The van der Waals surface area contributed by atoms with Crippen molar-refractivity contribution in [3.8, 4) is 11.8 Å². The van der Waals surface area contributed by atoms with Crippen LogP contribution in [0.4, 0.5) is 0 Å². The first kappa shape index (κ1) is 18.0. The third kappa shape index (κ3) is 3.71. The van der Waals surface area contributed by atoms with Crippen LogP contribution in [0.1, 0.15) is 29.7 Å². The van der Waals surface area contributed by atoms with Gasteiger partial charge in [0.15, 0.2) is 0 Å². The molecule has 1 heterocycles. The van der Waals surface area contributed by atoms with Crippen LogP contribution in [0.2, 0.25) is 0 Å². The fourth-order valence-corrected chi connectivity index (χ4v) is 3.36. The maximum Gasteiger partial charge on any atom is 0.238 e. The molecule has 0 fully saturated rings. The van der Waals surface area contributed by atoms with E-state index in [9.17, 15) is 10.1 Å². The molecule has 1 aliphatic rings. The van der Waals surface area contributed by atoms with Crippen LogP contribution in [-0.2, 0) is 17.8 Å². The molecular formula is C21H23N3O2. The number of nitriles is 1. The number of fused-ring (bicyclic) bond motifs is 1. The lowest BCUT2D eigenvalue weighted by Crippen LogP contribution is -2.47. The Morgan fingerprint density at radius 2 is 1.88 bits per heavy atom. The van der Waals surface area contributed by atoms with Crippen molar-refractivity contribution in [2.24, 2.45) is 0 Å². The van der Waals surface area contributed by atoms with Gasteiger partial charge >= 0.3 is 0 Å². The van der Waals surface area contributed by atoms with Gasteiger partial charge in [-0.2, -0.15) is 5.26 Å². The highest BCUT2D eigenvalue weighted by atomic mass is 16.5. The van der Waals surface area contributed by atoms with Gasteiger partial charge in [0.2, 0.25) is 5.91 Å². The zero-order valence-electron chi connectivity index (χ0n) is 15.1. The Balaban J connectivity index is 1.70. The number of benzene rings is 2. The molecule has 0 spiro atoms. The average Bonchev–Trinajstić information content (AvgIpc) is 2.70. The van der Waals surface area contributed by atoms with E-state index < -0.39 is 6.04 Å². The van der Waals surface area contributed by atoms with Crippen LogP contribution in [0.15, 0.2) is 48.5 Å². The number of nitrogens with zero attached hydrogens (tertiary/aromatic N) is 2. The average molecular weight is 349 g/mol. The Hall–Kier alpha value is -2.84. The normalized spacial score (nSPS) is 16.0. The number of nitrogens with one attached hydrogen (secondary N) is 1. The molecule has 1 N–H and O–H groups in total. The van der Waals surface area contributed by atoms with E-state index in [1.807, 2.05) is 25.1 Å². The minimum atomic E-state index is -0.738. The summed E-state index contributed by atoms with van der Waals surface area (Å²) in [5, 5.41) is 12.4. The van der Waals surface area contributed by atoms with Gasteiger partial charge in [-0.15, -0.1) is 0 Å². The summed E-state index contributed by atoms with van der Waals surface area (Å²) in [4.78, 5) is 14.9. The van der Waals surface area contributed by atoms with Crippen molar-refractivity contribution in [2.45, 2.75) is 32.0 Å². The molecule has 1 amide bonds. The minimum absolute atomic E-state index is 0.151. The molecule has 2 aromatic carbocycles. The van der Waals surface area contributed by atoms with Crippen LogP contribution in [0, 0.1) is 11.3 Å². The highest BCUT2D eigenvalue weighted by molar-refractivity contribution is 5.82. The molecule has 0 saturated heterocycles. The largest absolute Gasteiger partial charge is 0.496 e. The van der Waals surface area contributed by atoms with E-state index in [-0.39, 0.29) is 11.9 Å². The van der Waals surface area contributed by atoms with Crippen molar-refractivity contribution in [3.63, 3.8) is 0 Å². The first-order valence-electron chi connectivity index (χ1n) is 8.77. The summed E-state index contributed by atoms with van der Waals surface area (Å²) in [6.45, 7) is 3.47. The van der Waals surface area contributed by atoms with Crippen molar-refractivity contribution in [1.82, 2.24) is 10.2 Å². The molecule has 0 aromatic heterocycles. The summed E-state index contributed by atoms with van der Waals surface area (Å²) >= 11 is 0. The van der Waals surface area contributed by atoms with E-state index in [4.69, 9.17) is 4.74 Å². The van der Waals surface area contributed by atoms with Gasteiger partial charge in [-0.25, -0.2) is 0 Å². The van der Waals surface area contributed by atoms with Crippen LogP contribution in [0.25, 0.3) is 0 Å². The number of carbonyl (C=O) groups is 1. The fourth-order valence-electron chi connectivity index (χ4n) is 3.36. The maximum atomic E-state index is 12.8. The molecule has 5 heteroatoms. The summed E-state index contributed by atoms with van der Waals surface area (Å²) in [5.41, 5.74) is 3.28. The predicted molar refractivity (Wildman–Crippen MR) is 99.5 cm³/mol. The van der Waals surface area contributed by atoms with Crippen LogP contribution in [0.5, 0.6) is 5.75 Å². The van der Waals surface area contributed by atoms with Gasteiger partial charge in [0.05, 0.1) is 19.2 Å². The lowest BCUT2D eigenvalue weighted by atomic mass is 9.98. The van der Waals surface area contributed by atoms with Gasteiger partial charge in [-0.05, 0) is 30.5 Å². The van der Waals surface area contributed by atoms with Gasteiger partial charge in [0.1, 0.15) is 11.8 Å². The van der Waals surface area contributed by atoms with Gasteiger partial charge in [0, 0.05) is 18.7 Å². The number of amides is 1. The van der Waals surface area contributed by atoms with E-state index in [1.54, 1.807) is 19.2 Å². The SMILES string of the molecule is COc1ccccc1C(C#N)NC(=O)C(C)N1CCc2ccccc2C1. The highest BCUT2D eigenvalue weighted by Gasteiger charge is 2.27. The predicted octanol–water partition coefficient (Wildman–Crippen LogP) is 2.82. The van der Waals surface area contributed by atoms with Gasteiger partial charge in [0.25, 0.3) is 0 Å². The van der Waals surface area contributed by atoms with E-state index in [2.05, 4.69) is 34.5 Å². The van der Waals surface area contributed by atoms with Gasteiger partial charge < -0.3 is 10.1 Å². The molecule has 1 aliphatic heterocycles. The highest BCUT2D eigenvalue weighted by Crippen LogP contribution is 2.25. The van der Waals surface area contributed by atoms with Crippen LogP contribution < -0.4 is 10.1 Å². The number of carbonyl (C=O) groups excluding carboxylic acids is 1. The molecule has 2 aromatic rings. The second-order valence-electron chi connectivity index (χ2n) is 6.48. The number of hydrogen-bond acceptors (Lipinski definition) is 4. The monoisotopic (exact) mass is 349 g/mol. The van der Waals surface area contributed by atoms with E-state index in [0.29, 0.717) is 11.3 Å². The molecule has 26 heavy (non-hydrogen) atoms. The molecule has 2 unspecified atom stereocenters. The minimum Gasteiger partial charge on any atom is -0.496 e. The quantitative estimate of drug-likeness (QED) is 0.901. The maximum absolute atomic E-state index is 12.8. The molecule has 3 rings (SSSR count). The Labute approximate surface area is 154 Å². The molecule has 2 atom stereocenters. The lowest BCUT2D eigenvalue weighted by Gasteiger charge is -2.33. The molecule has 0 bridgehead atoms. The summed E-state index contributed by atoms with van der Waals surface area (Å²) in [6.07, 6.45) is 0.933. The van der Waals surface area contributed by atoms with Crippen LogP contribution in [0.3, 0.4) is 0 Å². The Bertz CT molecular complexity index is 828. The molecule has 0 radical (unpaired) electrons. The first-order chi connectivity index (χ1) is 12.6. The number of rotatable bonds is 5. The molecule has 5 nitrogen and oxygen atoms in total. The number of para-hydroxylation sites is 1. The summed E-state index contributed by atoms with van der Waals surface area (Å²) < 4.78 is 5.31. The van der Waals surface area contributed by atoms with Crippen molar-refractivity contribution in [3.05, 3.63) is 65.2 Å². The molecule has 0 aliphatic carbocycles. The topological polar surface area (TPSA) is 65.4 Å². The standard InChI is InChI=1S/C21H23N3O2/c1-15(24-12-11-16-7-3-4-8-17(16)14-24)21(25)23-19(13-22)18-9-5-6-10-20(18)26-2/h3-10,15,19H,11-12,14H2,1-2H3,(H,23,25). The second kappa shape index (κ2) is 8.03. The van der Waals surface area contributed by atoms with Gasteiger partial charge in [-0.1, -0.05) is 42.5 Å². The fraction of sp³-hybridized carbons (Fsp3) is 0.333. The van der Waals surface area contributed by atoms with E-state index in [1.165, 1.54) is 11.1 Å². The summed E-state index contributed by atoms with van der Waals surface area (Å²) in [6, 6.07) is 16.7. The van der Waals surface area contributed by atoms with E-state index >= 15 is 0 Å². The third-order valence-corrected chi connectivity index (χ3v) is 4.95. The second-order valence-corrected chi connectivity index (χ2v) is 6.48. The Morgan fingerprint density at radius 1 is 1.19 bits per heavy atom. The molecular weight excluding hydrogens is 326 g/mol. The van der Waals surface area contributed by atoms with E-state index in [0.717, 1.165) is 19.5 Å². The Kier molecular flexibility index (Phi) is 5.55. The third-order valence-electron chi connectivity index (χ3n) is 4.95. The van der Waals surface area contributed by atoms with Gasteiger partial charge in [-0.3, -0.25) is 9.69 Å². The first-order valence-corrected chi connectivity index (χ1v) is 8.77. The number of hydrogen-bond donors (Lipinski definition) is 1. The van der Waals surface area contributed by atoms with Crippen LogP contribution in [-0.4, -0.2) is 30.5 Å². The summed E-state index contributed by atoms with van der Waals surface area (Å²) in [7, 11) is 1.56. The lowest BCUT2D eigenvalue weighted by molar-refractivity contribution is -0.126. The van der Waals surface area contributed by atoms with Crippen LogP contribution >= 0.6 is 0 Å². The Morgan fingerprint density at radius 3 is 2.62 bits per heavy atom. The molecule has 134 valence electrons. The van der Waals surface area contributed by atoms with Crippen molar-refractivity contribution in [2.75, 3.05) is 13.7 Å². The summed E-state index contributed by atoms with van der Waals surface area (Å²) in [5.74, 6) is 0.445. The number of ether oxygens (including phenoxy) is 1.